The summed E-state index contributed by atoms with van der Waals surface area (Å²) in [6.45, 7) is 3.33. The van der Waals surface area contributed by atoms with Crippen LogP contribution in [0, 0.1) is 11.3 Å². The lowest BCUT2D eigenvalue weighted by atomic mass is 10.2. The summed E-state index contributed by atoms with van der Waals surface area (Å²) in [5.74, 6) is -2.29. The van der Waals surface area contributed by atoms with Crippen molar-refractivity contribution in [2.45, 2.75) is 19.9 Å². The van der Waals surface area contributed by atoms with Gasteiger partial charge in [-0.25, -0.2) is 4.79 Å². The molecule has 8 heteroatoms. The molecule has 1 aromatic rings. The van der Waals surface area contributed by atoms with Gasteiger partial charge in [0.2, 0.25) is 0 Å². The van der Waals surface area contributed by atoms with Crippen LogP contribution in [0.1, 0.15) is 24.2 Å². The maximum atomic E-state index is 12.0. The Bertz CT molecular complexity index is 689. The van der Waals surface area contributed by atoms with Crippen LogP contribution in [0.2, 0.25) is 0 Å². The molecular weight excluding hydrogens is 314 g/mol. The Kier molecular flexibility index (Phi) is 6.97. The minimum Gasteiger partial charge on any atom is -0.480 e. The minimum atomic E-state index is -1.11. The van der Waals surface area contributed by atoms with Gasteiger partial charge in [0.25, 0.3) is 5.91 Å². The van der Waals surface area contributed by atoms with E-state index in [-0.39, 0.29) is 12.2 Å². The van der Waals surface area contributed by atoms with E-state index in [1.165, 1.54) is 31.2 Å². The number of nitrogens with one attached hydrogen (secondary N) is 2. The summed E-state index contributed by atoms with van der Waals surface area (Å²) in [4.78, 5) is 34.2. The maximum Gasteiger partial charge on any atom is 0.338 e. The first kappa shape index (κ1) is 18.7. The number of carbonyl (C=O) groups is 3. The van der Waals surface area contributed by atoms with Crippen LogP contribution in [0.25, 0.3) is 0 Å². The van der Waals surface area contributed by atoms with Crippen molar-refractivity contribution in [3.63, 3.8) is 0 Å². The van der Waals surface area contributed by atoms with Crippen LogP contribution in [0.5, 0.6) is 0 Å². The Labute approximate surface area is 138 Å². The Morgan fingerprint density at radius 3 is 2.46 bits per heavy atom. The summed E-state index contributed by atoms with van der Waals surface area (Å²) in [7, 11) is 0. The molecule has 0 spiro atoms. The van der Waals surface area contributed by atoms with Gasteiger partial charge in [-0.1, -0.05) is 0 Å². The Balaban J connectivity index is 2.75. The van der Waals surface area contributed by atoms with E-state index in [0.29, 0.717) is 11.3 Å². The molecule has 1 aromatic carbocycles. The third kappa shape index (κ3) is 5.46. The van der Waals surface area contributed by atoms with Gasteiger partial charge in [-0.05, 0) is 38.1 Å². The standard InChI is InChI=1S/C16H17N3O5/c1-3-24-16(23)11-4-6-13(7-5-11)19-14(20)12(8-17)9-18-10(2)15(21)22/h4-7,9-10,18H,3H2,1-2H3,(H,19,20)(H,21,22)/b12-9-. The third-order valence-corrected chi connectivity index (χ3v) is 2.87. The van der Waals surface area contributed by atoms with Crippen LogP contribution in [0.4, 0.5) is 5.69 Å². The molecule has 0 saturated heterocycles. The first-order valence-electron chi connectivity index (χ1n) is 7.06. The zero-order chi connectivity index (χ0) is 18.1. The molecule has 0 aliphatic carbocycles. The fourth-order valence-corrected chi connectivity index (χ4v) is 1.53. The summed E-state index contributed by atoms with van der Waals surface area (Å²) in [6.07, 6.45) is 1.04. The van der Waals surface area contributed by atoms with E-state index in [4.69, 9.17) is 15.1 Å². The summed E-state index contributed by atoms with van der Waals surface area (Å²) in [6, 6.07) is 6.69. The SMILES string of the molecule is CCOC(=O)c1ccc(NC(=O)/C(C#N)=C\NC(C)C(=O)O)cc1. The summed E-state index contributed by atoms with van der Waals surface area (Å²) in [5.41, 5.74) is 0.431. The van der Waals surface area contributed by atoms with Gasteiger partial charge in [-0.2, -0.15) is 5.26 Å². The van der Waals surface area contributed by atoms with Crippen molar-refractivity contribution in [1.82, 2.24) is 5.32 Å². The molecule has 0 bridgehead atoms. The Morgan fingerprint density at radius 1 is 1.33 bits per heavy atom. The molecule has 1 amide bonds. The zero-order valence-electron chi connectivity index (χ0n) is 13.2. The van der Waals surface area contributed by atoms with Crippen molar-refractivity contribution < 1.29 is 24.2 Å². The van der Waals surface area contributed by atoms with Crippen molar-refractivity contribution in [2.75, 3.05) is 11.9 Å². The van der Waals surface area contributed by atoms with E-state index in [2.05, 4.69) is 10.6 Å². The van der Waals surface area contributed by atoms with Crippen molar-refractivity contribution in [3.05, 3.63) is 41.6 Å². The molecule has 0 aromatic heterocycles. The molecule has 1 rings (SSSR count). The predicted molar refractivity (Wildman–Crippen MR) is 85.0 cm³/mol. The first-order valence-corrected chi connectivity index (χ1v) is 7.06. The number of benzene rings is 1. The van der Waals surface area contributed by atoms with Gasteiger partial charge in [-0.15, -0.1) is 0 Å². The highest BCUT2D eigenvalue weighted by atomic mass is 16.5. The van der Waals surface area contributed by atoms with Gasteiger partial charge in [0.1, 0.15) is 17.7 Å². The monoisotopic (exact) mass is 331 g/mol. The van der Waals surface area contributed by atoms with E-state index < -0.39 is 23.9 Å². The molecule has 0 aliphatic heterocycles. The number of hydrogen-bond acceptors (Lipinski definition) is 6. The summed E-state index contributed by atoms with van der Waals surface area (Å²) in [5, 5.41) is 22.6. The van der Waals surface area contributed by atoms with Gasteiger partial charge in [0.05, 0.1) is 12.2 Å². The van der Waals surface area contributed by atoms with Crippen molar-refractivity contribution >= 4 is 23.5 Å². The molecule has 0 aliphatic rings. The normalized spacial score (nSPS) is 11.8. The van der Waals surface area contributed by atoms with Gasteiger partial charge >= 0.3 is 11.9 Å². The summed E-state index contributed by atoms with van der Waals surface area (Å²) >= 11 is 0. The molecule has 0 fully saturated rings. The number of anilines is 1. The molecule has 1 unspecified atom stereocenters. The number of carboxylic acid groups (broad SMARTS) is 1. The van der Waals surface area contributed by atoms with Gasteiger partial charge < -0.3 is 20.5 Å². The molecule has 1 atom stereocenters. The Hall–Kier alpha value is -3.34. The molecule has 0 heterocycles. The van der Waals surface area contributed by atoms with Crippen LogP contribution < -0.4 is 10.6 Å². The Morgan fingerprint density at radius 2 is 1.96 bits per heavy atom. The topological polar surface area (TPSA) is 129 Å². The number of ether oxygens (including phenoxy) is 1. The van der Waals surface area contributed by atoms with Crippen molar-refractivity contribution in [2.24, 2.45) is 0 Å². The van der Waals surface area contributed by atoms with Gasteiger partial charge in [-0.3, -0.25) is 9.59 Å². The number of aliphatic carboxylic acids is 1. The highest BCUT2D eigenvalue weighted by Crippen LogP contribution is 2.11. The van der Waals surface area contributed by atoms with E-state index in [1.807, 2.05) is 0 Å². The van der Waals surface area contributed by atoms with E-state index in [9.17, 15) is 14.4 Å². The number of rotatable bonds is 7. The minimum absolute atomic E-state index is 0.259. The second kappa shape index (κ2) is 8.95. The van der Waals surface area contributed by atoms with Crippen LogP contribution in [-0.4, -0.2) is 35.6 Å². The third-order valence-electron chi connectivity index (χ3n) is 2.87. The number of carbonyl (C=O) groups excluding carboxylic acids is 2. The molecular formula is C16H17N3O5. The highest BCUT2D eigenvalue weighted by Gasteiger charge is 2.13. The number of hydrogen-bond donors (Lipinski definition) is 3. The number of nitrogens with zero attached hydrogens (tertiary/aromatic N) is 1. The van der Waals surface area contributed by atoms with Crippen LogP contribution in [0.3, 0.4) is 0 Å². The number of carboxylic acids is 1. The predicted octanol–water partition coefficient (Wildman–Crippen LogP) is 1.27. The van der Waals surface area contributed by atoms with Crippen molar-refractivity contribution in [1.29, 1.82) is 5.26 Å². The molecule has 8 nitrogen and oxygen atoms in total. The second-order valence-corrected chi connectivity index (χ2v) is 4.65. The fourth-order valence-electron chi connectivity index (χ4n) is 1.53. The lowest BCUT2D eigenvalue weighted by molar-refractivity contribution is -0.138. The molecule has 24 heavy (non-hydrogen) atoms. The average molecular weight is 331 g/mol. The van der Waals surface area contributed by atoms with Crippen LogP contribution in [0.15, 0.2) is 36.0 Å². The van der Waals surface area contributed by atoms with E-state index in [1.54, 1.807) is 13.0 Å². The van der Waals surface area contributed by atoms with E-state index in [0.717, 1.165) is 6.20 Å². The quantitative estimate of drug-likeness (QED) is 0.390. The maximum absolute atomic E-state index is 12.0. The van der Waals surface area contributed by atoms with Gasteiger partial charge in [0, 0.05) is 11.9 Å². The lowest BCUT2D eigenvalue weighted by Crippen LogP contribution is -2.30. The molecule has 0 radical (unpaired) electrons. The largest absolute Gasteiger partial charge is 0.480 e. The highest BCUT2D eigenvalue weighted by molar-refractivity contribution is 6.06. The molecule has 126 valence electrons. The number of amides is 1. The lowest BCUT2D eigenvalue weighted by Gasteiger charge is -2.08. The number of esters is 1. The van der Waals surface area contributed by atoms with E-state index >= 15 is 0 Å². The summed E-state index contributed by atoms with van der Waals surface area (Å²) < 4.78 is 4.84. The number of nitriles is 1. The smallest absolute Gasteiger partial charge is 0.338 e. The van der Waals surface area contributed by atoms with Gasteiger partial charge in [0.15, 0.2) is 0 Å². The second-order valence-electron chi connectivity index (χ2n) is 4.65. The average Bonchev–Trinajstić information content (AvgIpc) is 2.55. The molecule has 0 saturated carbocycles. The first-order chi connectivity index (χ1) is 11.4. The van der Waals surface area contributed by atoms with Crippen LogP contribution >= 0.6 is 0 Å². The fraction of sp³-hybridized carbons (Fsp3) is 0.250. The van der Waals surface area contributed by atoms with Crippen molar-refractivity contribution in [3.8, 4) is 6.07 Å². The molecule has 3 N–H and O–H groups in total. The van der Waals surface area contributed by atoms with Crippen LogP contribution in [-0.2, 0) is 14.3 Å². The zero-order valence-corrected chi connectivity index (χ0v) is 13.2.